The summed E-state index contributed by atoms with van der Waals surface area (Å²) in [4.78, 5) is 25.3. The van der Waals surface area contributed by atoms with Gasteiger partial charge in [-0.2, -0.15) is 0 Å². The van der Waals surface area contributed by atoms with E-state index in [1.165, 1.54) is 96.3 Å². The molecule has 1 aliphatic rings. The van der Waals surface area contributed by atoms with E-state index in [4.69, 9.17) is 9.47 Å². The van der Waals surface area contributed by atoms with Gasteiger partial charge in [-0.05, 0) is 25.7 Å². The Hall–Kier alpha value is -1.06. The van der Waals surface area contributed by atoms with Gasteiger partial charge < -0.3 is 9.47 Å². The molecule has 0 amide bonds. The van der Waals surface area contributed by atoms with Gasteiger partial charge in [-0.25, -0.2) is 0 Å². The largest absolute Gasteiger partial charge is 0.465 e. The van der Waals surface area contributed by atoms with Crippen LogP contribution in [0.15, 0.2) is 0 Å². The zero-order chi connectivity index (χ0) is 25.4. The van der Waals surface area contributed by atoms with Gasteiger partial charge in [-0.1, -0.05) is 136 Å². The minimum Gasteiger partial charge on any atom is -0.465 e. The number of rotatable bonds is 23. The van der Waals surface area contributed by atoms with Crippen LogP contribution in [0.3, 0.4) is 0 Å². The van der Waals surface area contributed by atoms with Crippen LogP contribution in [0.5, 0.6) is 0 Å². The van der Waals surface area contributed by atoms with Crippen molar-refractivity contribution >= 4 is 11.9 Å². The van der Waals surface area contributed by atoms with Crippen molar-refractivity contribution in [3.63, 3.8) is 0 Å². The molecule has 1 saturated carbocycles. The molecule has 0 spiro atoms. The molecule has 0 N–H and O–H groups in total. The van der Waals surface area contributed by atoms with E-state index in [1.54, 1.807) is 0 Å². The van der Waals surface area contributed by atoms with Crippen LogP contribution >= 0.6 is 0 Å². The molecule has 4 nitrogen and oxygen atoms in total. The lowest BCUT2D eigenvalue weighted by Gasteiger charge is -2.28. The second-order valence-electron chi connectivity index (χ2n) is 10.8. The lowest BCUT2D eigenvalue weighted by molar-refractivity contribution is -0.163. The fourth-order valence-corrected chi connectivity index (χ4v) is 5.26. The first-order valence-corrected chi connectivity index (χ1v) is 15.5. The minimum absolute atomic E-state index is 0.175. The predicted molar refractivity (Wildman–Crippen MR) is 146 cm³/mol. The molecule has 0 aromatic carbocycles. The Labute approximate surface area is 217 Å². The first kappa shape index (κ1) is 32.0. The summed E-state index contributed by atoms with van der Waals surface area (Å²) in [5, 5.41) is 0. The molecule has 0 aromatic rings. The molecule has 0 aromatic heterocycles. The Morgan fingerprint density at radius 3 is 1.09 bits per heavy atom. The van der Waals surface area contributed by atoms with Crippen LogP contribution in [0.25, 0.3) is 0 Å². The summed E-state index contributed by atoms with van der Waals surface area (Å²) in [7, 11) is 0. The van der Waals surface area contributed by atoms with E-state index in [0.29, 0.717) is 13.2 Å². The van der Waals surface area contributed by atoms with Crippen molar-refractivity contribution in [2.24, 2.45) is 11.8 Å². The van der Waals surface area contributed by atoms with Crippen LogP contribution in [0, 0.1) is 11.8 Å². The molecule has 1 rings (SSSR count). The van der Waals surface area contributed by atoms with Crippen molar-refractivity contribution in [3.8, 4) is 0 Å². The van der Waals surface area contributed by atoms with Gasteiger partial charge in [0.1, 0.15) is 0 Å². The SMILES string of the molecule is CCCCCCCCCCCCCCOC(=O)C1CCCCC1C(=O)OCCCCCCCCC. The lowest BCUT2D eigenvalue weighted by Crippen LogP contribution is -2.35. The van der Waals surface area contributed by atoms with Crippen LogP contribution in [-0.2, 0) is 19.1 Å². The van der Waals surface area contributed by atoms with Gasteiger partial charge in [0.15, 0.2) is 0 Å². The van der Waals surface area contributed by atoms with Gasteiger partial charge in [-0.3, -0.25) is 9.59 Å². The van der Waals surface area contributed by atoms with Crippen LogP contribution in [0.2, 0.25) is 0 Å². The van der Waals surface area contributed by atoms with E-state index in [0.717, 1.165) is 51.4 Å². The molecular formula is C31H58O4. The molecule has 2 unspecified atom stereocenters. The molecule has 0 heterocycles. The number of hydrogen-bond acceptors (Lipinski definition) is 4. The van der Waals surface area contributed by atoms with Crippen molar-refractivity contribution in [2.45, 2.75) is 162 Å². The number of carbonyl (C=O) groups excluding carboxylic acids is 2. The Morgan fingerprint density at radius 2 is 0.771 bits per heavy atom. The highest BCUT2D eigenvalue weighted by Gasteiger charge is 2.37. The van der Waals surface area contributed by atoms with Crippen molar-refractivity contribution in [1.82, 2.24) is 0 Å². The van der Waals surface area contributed by atoms with E-state index in [9.17, 15) is 9.59 Å². The summed E-state index contributed by atoms with van der Waals surface area (Å²) in [6, 6.07) is 0. The second kappa shape index (κ2) is 23.3. The summed E-state index contributed by atoms with van der Waals surface area (Å²) in [5.74, 6) is -0.959. The first-order valence-electron chi connectivity index (χ1n) is 15.5. The Balaban J connectivity index is 2.07. The Kier molecular flexibility index (Phi) is 21.3. The third-order valence-electron chi connectivity index (χ3n) is 7.61. The van der Waals surface area contributed by atoms with Crippen LogP contribution in [-0.4, -0.2) is 25.2 Å². The molecule has 0 radical (unpaired) electrons. The van der Waals surface area contributed by atoms with Crippen molar-refractivity contribution in [1.29, 1.82) is 0 Å². The van der Waals surface area contributed by atoms with E-state index in [-0.39, 0.29) is 23.8 Å². The third kappa shape index (κ3) is 17.1. The molecule has 4 heteroatoms. The summed E-state index contributed by atoms with van der Waals surface area (Å²) in [6.45, 7) is 5.48. The van der Waals surface area contributed by atoms with E-state index in [2.05, 4.69) is 13.8 Å². The third-order valence-corrected chi connectivity index (χ3v) is 7.61. The normalized spacial score (nSPS) is 17.9. The summed E-state index contributed by atoms with van der Waals surface area (Å²) in [5.41, 5.74) is 0. The highest BCUT2D eigenvalue weighted by Crippen LogP contribution is 2.32. The maximum atomic E-state index is 12.7. The maximum absolute atomic E-state index is 12.7. The fourth-order valence-electron chi connectivity index (χ4n) is 5.26. The summed E-state index contributed by atoms with van der Waals surface area (Å²) in [6.07, 6.45) is 27.5. The smallest absolute Gasteiger partial charge is 0.309 e. The Morgan fingerprint density at radius 1 is 0.486 bits per heavy atom. The maximum Gasteiger partial charge on any atom is 0.309 e. The standard InChI is InChI=1S/C31H58O4/c1-3-5-7-9-11-12-13-14-15-17-19-23-27-35-31(33)29-25-21-20-24-28(29)30(32)34-26-22-18-16-10-8-6-4-2/h28-29H,3-27H2,1-2H3. The van der Waals surface area contributed by atoms with Crippen molar-refractivity contribution in [2.75, 3.05) is 13.2 Å². The molecule has 206 valence electrons. The average molecular weight is 495 g/mol. The van der Waals surface area contributed by atoms with E-state index < -0.39 is 0 Å². The van der Waals surface area contributed by atoms with E-state index in [1.807, 2.05) is 0 Å². The number of unbranched alkanes of at least 4 members (excludes halogenated alkanes) is 17. The number of ether oxygens (including phenoxy) is 2. The number of esters is 2. The average Bonchev–Trinajstić information content (AvgIpc) is 2.88. The molecule has 1 aliphatic carbocycles. The highest BCUT2D eigenvalue weighted by atomic mass is 16.5. The minimum atomic E-state index is -0.303. The summed E-state index contributed by atoms with van der Waals surface area (Å²) < 4.78 is 11.2. The van der Waals surface area contributed by atoms with Gasteiger partial charge in [0.05, 0.1) is 25.0 Å². The van der Waals surface area contributed by atoms with Crippen LogP contribution in [0.4, 0.5) is 0 Å². The molecule has 0 saturated heterocycles. The zero-order valence-electron chi connectivity index (χ0n) is 23.5. The first-order chi connectivity index (χ1) is 17.2. The molecule has 0 bridgehead atoms. The van der Waals surface area contributed by atoms with Crippen LogP contribution in [0.1, 0.15) is 162 Å². The highest BCUT2D eigenvalue weighted by molar-refractivity contribution is 5.82. The molecule has 2 atom stereocenters. The number of carbonyl (C=O) groups is 2. The van der Waals surface area contributed by atoms with Gasteiger partial charge in [0.2, 0.25) is 0 Å². The van der Waals surface area contributed by atoms with Gasteiger partial charge >= 0.3 is 11.9 Å². The van der Waals surface area contributed by atoms with Crippen molar-refractivity contribution in [3.05, 3.63) is 0 Å². The number of hydrogen-bond donors (Lipinski definition) is 0. The Bertz CT molecular complexity index is 504. The topological polar surface area (TPSA) is 52.6 Å². The van der Waals surface area contributed by atoms with Crippen molar-refractivity contribution < 1.29 is 19.1 Å². The molecule has 0 aliphatic heterocycles. The van der Waals surface area contributed by atoms with Gasteiger partial charge in [0, 0.05) is 0 Å². The zero-order valence-corrected chi connectivity index (χ0v) is 23.5. The van der Waals surface area contributed by atoms with E-state index >= 15 is 0 Å². The quantitative estimate of drug-likeness (QED) is 0.105. The van der Waals surface area contributed by atoms with Gasteiger partial charge in [0.25, 0.3) is 0 Å². The second-order valence-corrected chi connectivity index (χ2v) is 10.8. The lowest BCUT2D eigenvalue weighted by atomic mass is 9.79. The molecule has 35 heavy (non-hydrogen) atoms. The molecular weight excluding hydrogens is 436 g/mol. The summed E-state index contributed by atoms with van der Waals surface area (Å²) >= 11 is 0. The fraction of sp³-hybridized carbons (Fsp3) is 0.935. The molecule has 1 fully saturated rings. The predicted octanol–water partition coefficient (Wildman–Crippen LogP) is 9.33. The van der Waals surface area contributed by atoms with Gasteiger partial charge in [-0.15, -0.1) is 0 Å². The van der Waals surface area contributed by atoms with Crippen LogP contribution < -0.4 is 0 Å². The monoisotopic (exact) mass is 494 g/mol.